The van der Waals surface area contributed by atoms with Crippen molar-refractivity contribution in [3.8, 4) is 11.5 Å². The van der Waals surface area contributed by atoms with Crippen LogP contribution in [0.4, 0.5) is 22.0 Å². The van der Waals surface area contributed by atoms with Crippen molar-refractivity contribution in [1.82, 2.24) is 5.32 Å². The third kappa shape index (κ3) is 6.67. The van der Waals surface area contributed by atoms with Gasteiger partial charge in [0.1, 0.15) is 6.54 Å². The van der Waals surface area contributed by atoms with Crippen molar-refractivity contribution in [3.63, 3.8) is 0 Å². The summed E-state index contributed by atoms with van der Waals surface area (Å²) in [7, 11) is 1.15. The van der Waals surface area contributed by atoms with Gasteiger partial charge in [-0.25, -0.2) is 4.79 Å². The largest absolute Gasteiger partial charge is 0.493 e. The van der Waals surface area contributed by atoms with Crippen LogP contribution in [0.25, 0.3) is 0 Å². The fourth-order valence-corrected chi connectivity index (χ4v) is 1.45. The number of ether oxygens (including phenoxy) is 3. The number of rotatable bonds is 7. The molecule has 0 aliphatic rings. The van der Waals surface area contributed by atoms with Gasteiger partial charge >= 0.3 is 18.8 Å². The molecule has 0 saturated carbocycles. The van der Waals surface area contributed by atoms with Crippen molar-refractivity contribution >= 4 is 11.9 Å². The van der Waals surface area contributed by atoms with Gasteiger partial charge in [0.15, 0.2) is 18.1 Å². The minimum Gasteiger partial charge on any atom is -0.493 e. The molecule has 134 valence electrons. The van der Waals surface area contributed by atoms with Crippen LogP contribution < -0.4 is 14.8 Å². The van der Waals surface area contributed by atoms with Crippen molar-refractivity contribution in [1.29, 1.82) is 0 Å². The molecule has 6 nitrogen and oxygen atoms in total. The number of alkyl halides is 5. The maximum atomic E-state index is 12.2. The second kappa shape index (κ2) is 8.31. The SMILES string of the molecule is COc1cc(C(=O)OCC(=O)NCC(F)(F)F)ccc1OC(F)F. The Morgan fingerprint density at radius 1 is 1.21 bits per heavy atom. The number of carbonyl (C=O) groups is 2. The number of carbonyl (C=O) groups excluding carboxylic acids is 2. The molecule has 0 bridgehead atoms. The number of hydrogen-bond acceptors (Lipinski definition) is 5. The predicted molar refractivity (Wildman–Crippen MR) is 69.0 cm³/mol. The monoisotopic (exact) mass is 357 g/mol. The highest BCUT2D eigenvalue weighted by Crippen LogP contribution is 2.29. The van der Waals surface area contributed by atoms with E-state index in [2.05, 4.69) is 9.47 Å². The lowest BCUT2D eigenvalue weighted by Crippen LogP contribution is -2.36. The molecule has 0 saturated heterocycles. The Kier molecular flexibility index (Phi) is 6.74. The van der Waals surface area contributed by atoms with E-state index in [1.807, 2.05) is 0 Å². The van der Waals surface area contributed by atoms with Crippen LogP contribution >= 0.6 is 0 Å². The van der Waals surface area contributed by atoms with Crippen LogP contribution in [0.15, 0.2) is 18.2 Å². The van der Waals surface area contributed by atoms with E-state index in [0.717, 1.165) is 25.3 Å². The van der Waals surface area contributed by atoms with Crippen LogP contribution in [0.5, 0.6) is 11.5 Å². The zero-order chi connectivity index (χ0) is 18.3. The van der Waals surface area contributed by atoms with Crippen molar-refractivity contribution < 1.29 is 45.8 Å². The molecule has 24 heavy (non-hydrogen) atoms. The molecule has 0 aliphatic carbocycles. The number of esters is 1. The maximum absolute atomic E-state index is 12.2. The Morgan fingerprint density at radius 2 is 1.88 bits per heavy atom. The van der Waals surface area contributed by atoms with E-state index in [9.17, 15) is 31.5 Å². The molecule has 0 heterocycles. The number of benzene rings is 1. The van der Waals surface area contributed by atoms with Crippen LogP contribution in [0.3, 0.4) is 0 Å². The summed E-state index contributed by atoms with van der Waals surface area (Å²) in [6.07, 6.45) is -4.59. The first-order valence-corrected chi connectivity index (χ1v) is 6.26. The molecule has 1 aromatic rings. The van der Waals surface area contributed by atoms with Crippen LogP contribution in [0, 0.1) is 0 Å². The Labute approximate surface area is 132 Å². The Morgan fingerprint density at radius 3 is 2.42 bits per heavy atom. The highest BCUT2D eigenvalue weighted by molar-refractivity contribution is 5.92. The second-order valence-electron chi connectivity index (χ2n) is 4.21. The molecule has 0 fully saturated rings. The number of hydrogen-bond donors (Lipinski definition) is 1. The van der Waals surface area contributed by atoms with E-state index in [4.69, 9.17) is 4.74 Å². The van der Waals surface area contributed by atoms with Gasteiger partial charge in [-0.05, 0) is 18.2 Å². The minimum absolute atomic E-state index is 0.169. The third-order valence-corrected chi connectivity index (χ3v) is 2.44. The minimum atomic E-state index is -4.59. The van der Waals surface area contributed by atoms with Crippen LogP contribution in [0.1, 0.15) is 10.4 Å². The Hall–Kier alpha value is -2.59. The molecular weight excluding hydrogens is 345 g/mol. The molecule has 11 heteroatoms. The van der Waals surface area contributed by atoms with E-state index in [0.29, 0.717) is 0 Å². The lowest BCUT2D eigenvalue weighted by Gasteiger charge is -2.11. The molecule has 1 N–H and O–H groups in total. The van der Waals surface area contributed by atoms with E-state index in [-0.39, 0.29) is 17.1 Å². The lowest BCUT2D eigenvalue weighted by molar-refractivity contribution is -0.140. The van der Waals surface area contributed by atoms with E-state index >= 15 is 0 Å². The average molecular weight is 357 g/mol. The van der Waals surface area contributed by atoms with Crippen LogP contribution in [-0.2, 0) is 9.53 Å². The van der Waals surface area contributed by atoms with Gasteiger partial charge in [0, 0.05) is 0 Å². The third-order valence-electron chi connectivity index (χ3n) is 2.44. The predicted octanol–water partition coefficient (Wildman–Crippen LogP) is 2.13. The van der Waals surface area contributed by atoms with Crippen molar-refractivity contribution in [2.75, 3.05) is 20.3 Å². The molecule has 1 aromatic carbocycles. The van der Waals surface area contributed by atoms with Gasteiger partial charge < -0.3 is 19.5 Å². The molecule has 0 atom stereocenters. The molecule has 0 aromatic heterocycles. The molecule has 0 radical (unpaired) electrons. The number of amides is 1. The fraction of sp³-hybridized carbons (Fsp3) is 0.385. The smallest absolute Gasteiger partial charge is 0.405 e. The van der Waals surface area contributed by atoms with Gasteiger partial charge in [-0.1, -0.05) is 0 Å². The molecule has 0 unspecified atom stereocenters. The summed E-state index contributed by atoms with van der Waals surface area (Å²) in [5.41, 5.74) is -0.169. The molecular formula is C13H12F5NO5. The Balaban J connectivity index is 2.63. The van der Waals surface area contributed by atoms with Gasteiger partial charge in [-0.3, -0.25) is 4.79 Å². The van der Waals surface area contributed by atoms with Crippen molar-refractivity contribution in [3.05, 3.63) is 23.8 Å². The highest BCUT2D eigenvalue weighted by Gasteiger charge is 2.27. The normalized spacial score (nSPS) is 11.1. The summed E-state index contributed by atoms with van der Waals surface area (Å²) in [6.45, 7) is -5.60. The van der Waals surface area contributed by atoms with Crippen molar-refractivity contribution in [2.24, 2.45) is 0 Å². The lowest BCUT2D eigenvalue weighted by atomic mass is 10.2. The molecule has 1 rings (SSSR count). The summed E-state index contributed by atoms with van der Waals surface area (Å²) < 4.78 is 73.4. The summed E-state index contributed by atoms with van der Waals surface area (Å²) >= 11 is 0. The number of methoxy groups -OCH3 is 1. The average Bonchev–Trinajstić information content (AvgIpc) is 2.49. The fourth-order valence-electron chi connectivity index (χ4n) is 1.45. The number of halogens is 5. The van der Waals surface area contributed by atoms with Gasteiger partial charge in [-0.2, -0.15) is 22.0 Å². The first kappa shape index (κ1) is 19.5. The summed E-state index contributed by atoms with van der Waals surface area (Å²) in [4.78, 5) is 22.8. The first-order valence-electron chi connectivity index (χ1n) is 6.26. The van der Waals surface area contributed by atoms with Crippen LogP contribution in [0.2, 0.25) is 0 Å². The van der Waals surface area contributed by atoms with Crippen LogP contribution in [-0.4, -0.2) is 44.9 Å². The second-order valence-corrected chi connectivity index (χ2v) is 4.21. The van der Waals surface area contributed by atoms with Gasteiger partial charge in [0.05, 0.1) is 12.7 Å². The van der Waals surface area contributed by atoms with Crippen molar-refractivity contribution in [2.45, 2.75) is 12.8 Å². The summed E-state index contributed by atoms with van der Waals surface area (Å²) in [5.74, 6) is -2.72. The van der Waals surface area contributed by atoms with E-state index in [1.165, 1.54) is 5.32 Å². The zero-order valence-corrected chi connectivity index (χ0v) is 12.2. The van der Waals surface area contributed by atoms with Gasteiger partial charge in [-0.15, -0.1) is 0 Å². The molecule has 1 amide bonds. The first-order chi connectivity index (χ1) is 11.1. The summed E-state index contributed by atoms with van der Waals surface area (Å²) in [5, 5.41) is 1.51. The quantitative estimate of drug-likeness (QED) is 0.598. The highest BCUT2D eigenvalue weighted by atomic mass is 19.4. The molecule has 0 spiro atoms. The standard InChI is InChI=1S/C13H12F5NO5/c1-22-9-4-7(2-3-8(9)24-12(14)15)11(21)23-5-10(20)19-6-13(16,17)18/h2-4,12H,5-6H2,1H3,(H,19,20). The summed E-state index contributed by atoms with van der Waals surface area (Å²) in [6, 6.07) is 3.11. The zero-order valence-electron chi connectivity index (χ0n) is 12.2. The van der Waals surface area contributed by atoms with E-state index in [1.54, 1.807) is 0 Å². The molecule has 0 aliphatic heterocycles. The maximum Gasteiger partial charge on any atom is 0.405 e. The van der Waals surface area contributed by atoms with Gasteiger partial charge in [0.25, 0.3) is 5.91 Å². The number of nitrogens with one attached hydrogen (secondary N) is 1. The van der Waals surface area contributed by atoms with Gasteiger partial charge in [0.2, 0.25) is 0 Å². The topological polar surface area (TPSA) is 73.9 Å². The van der Waals surface area contributed by atoms with E-state index < -0.39 is 37.8 Å². The Bertz CT molecular complexity index is 591.